The third-order valence-corrected chi connectivity index (χ3v) is 6.71. The van der Waals surface area contributed by atoms with Crippen molar-refractivity contribution in [1.82, 2.24) is 0 Å². The number of hydrogen-bond donors (Lipinski definition) is 1. The van der Waals surface area contributed by atoms with Gasteiger partial charge in [0.1, 0.15) is 0 Å². The molecule has 4 rings (SSSR count). The number of hydrogen-bond acceptors (Lipinski definition) is 3. The first kappa shape index (κ1) is 21.6. The topological polar surface area (TPSA) is 47.6 Å². The van der Waals surface area contributed by atoms with Crippen molar-refractivity contribution in [2.24, 2.45) is 0 Å². The predicted molar refractivity (Wildman–Crippen MR) is 129 cm³/mol. The van der Waals surface area contributed by atoms with Gasteiger partial charge in [-0.3, -0.25) is 4.79 Å². The van der Waals surface area contributed by atoms with E-state index in [0.29, 0.717) is 11.3 Å². The molecule has 1 aliphatic heterocycles. The fourth-order valence-corrected chi connectivity index (χ4v) is 4.74. The number of amides is 1. The highest BCUT2D eigenvalue weighted by molar-refractivity contribution is 9.11. The van der Waals surface area contributed by atoms with Gasteiger partial charge in [0.25, 0.3) is 5.91 Å². The highest BCUT2D eigenvalue weighted by Gasteiger charge is 2.51. The van der Waals surface area contributed by atoms with Crippen molar-refractivity contribution >= 4 is 66.8 Å². The van der Waals surface area contributed by atoms with Gasteiger partial charge in [0, 0.05) is 20.2 Å². The maximum absolute atomic E-state index is 13.0. The first-order chi connectivity index (χ1) is 14.1. The average molecular weight is 531 g/mol. The summed E-state index contributed by atoms with van der Waals surface area (Å²) in [7, 11) is -0.434. The molecule has 0 saturated carbocycles. The van der Waals surface area contributed by atoms with Crippen molar-refractivity contribution in [1.29, 1.82) is 0 Å². The van der Waals surface area contributed by atoms with Crippen LogP contribution in [0.3, 0.4) is 0 Å². The summed E-state index contributed by atoms with van der Waals surface area (Å²) >= 11 is 6.90. The Hall–Kier alpha value is -1.67. The molecule has 30 heavy (non-hydrogen) atoms. The van der Waals surface area contributed by atoms with E-state index in [1.807, 2.05) is 82.3 Å². The molecule has 3 aromatic carbocycles. The predicted octanol–water partition coefficient (Wildman–Crippen LogP) is 5.92. The monoisotopic (exact) mass is 529 g/mol. The third kappa shape index (κ3) is 4.08. The van der Waals surface area contributed by atoms with E-state index in [1.54, 1.807) is 0 Å². The zero-order chi connectivity index (χ0) is 21.7. The second-order valence-electron chi connectivity index (χ2n) is 8.49. The van der Waals surface area contributed by atoms with Crippen LogP contribution in [0.5, 0.6) is 0 Å². The molecule has 0 spiro atoms. The van der Waals surface area contributed by atoms with Gasteiger partial charge in [-0.2, -0.15) is 0 Å². The molecule has 1 saturated heterocycles. The van der Waals surface area contributed by atoms with Crippen LogP contribution in [0.4, 0.5) is 5.69 Å². The van der Waals surface area contributed by atoms with E-state index in [9.17, 15) is 4.79 Å². The number of benzene rings is 3. The van der Waals surface area contributed by atoms with E-state index in [-0.39, 0.29) is 5.91 Å². The van der Waals surface area contributed by atoms with Gasteiger partial charge in [0.15, 0.2) is 0 Å². The van der Waals surface area contributed by atoms with Gasteiger partial charge in [-0.1, -0.05) is 62.2 Å². The van der Waals surface area contributed by atoms with Gasteiger partial charge in [-0.05, 0) is 68.2 Å². The van der Waals surface area contributed by atoms with Crippen LogP contribution in [0.1, 0.15) is 38.1 Å². The molecular weight excluding hydrogens is 509 g/mol. The van der Waals surface area contributed by atoms with Gasteiger partial charge in [0.05, 0.1) is 11.2 Å². The summed E-state index contributed by atoms with van der Waals surface area (Å²) in [6.07, 6.45) is 0. The van der Waals surface area contributed by atoms with E-state index in [4.69, 9.17) is 9.31 Å². The standard InChI is InChI=1S/C23H22BBr2NO3/c1-22(2)23(3,4)30-24(29-22)15-8-9-19-14(10-15)6-5-7-20(19)21(28)27-18-12-16(25)11-17(26)13-18/h5-13H,1-4H3,(H,27,28). The van der Waals surface area contributed by atoms with E-state index >= 15 is 0 Å². The second-order valence-corrected chi connectivity index (χ2v) is 10.3. The number of anilines is 1. The Bertz CT molecular complexity index is 1110. The van der Waals surface area contributed by atoms with Gasteiger partial charge in [0.2, 0.25) is 0 Å². The lowest BCUT2D eigenvalue weighted by Crippen LogP contribution is -2.41. The van der Waals surface area contributed by atoms with E-state index in [2.05, 4.69) is 37.2 Å². The third-order valence-electron chi connectivity index (χ3n) is 5.79. The largest absolute Gasteiger partial charge is 0.494 e. The van der Waals surface area contributed by atoms with Crippen LogP contribution in [0, 0.1) is 0 Å². The number of halogens is 2. The summed E-state index contributed by atoms with van der Waals surface area (Å²) in [6.45, 7) is 8.15. The SMILES string of the molecule is CC1(C)OB(c2ccc3c(C(=O)Nc4cc(Br)cc(Br)c4)cccc3c2)OC1(C)C. The molecule has 0 unspecified atom stereocenters. The summed E-state index contributed by atoms with van der Waals surface area (Å²) in [5.41, 5.74) is 1.48. The minimum absolute atomic E-state index is 0.158. The fraction of sp³-hybridized carbons (Fsp3) is 0.261. The summed E-state index contributed by atoms with van der Waals surface area (Å²) in [5.74, 6) is -0.158. The molecule has 0 aliphatic carbocycles. The number of nitrogens with one attached hydrogen (secondary N) is 1. The Morgan fingerprint density at radius 3 is 2.17 bits per heavy atom. The highest BCUT2D eigenvalue weighted by atomic mass is 79.9. The Balaban J connectivity index is 1.64. The van der Waals surface area contributed by atoms with Crippen molar-refractivity contribution in [3.05, 3.63) is 69.1 Å². The highest BCUT2D eigenvalue weighted by Crippen LogP contribution is 2.36. The molecule has 0 radical (unpaired) electrons. The van der Waals surface area contributed by atoms with Crippen molar-refractivity contribution in [3.63, 3.8) is 0 Å². The van der Waals surface area contributed by atoms with Crippen LogP contribution >= 0.6 is 31.9 Å². The molecule has 4 nitrogen and oxygen atoms in total. The Morgan fingerprint density at radius 2 is 1.53 bits per heavy atom. The van der Waals surface area contributed by atoms with Crippen molar-refractivity contribution in [2.45, 2.75) is 38.9 Å². The second kappa shape index (κ2) is 7.79. The summed E-state index contributed by atoms with van der Waals surface area (Å²) in [6, 6.07) is 17.3. The maximum atomic E-state index is 13.0. The molecule has 0 aromatic heterocycles. The smallest absolute Gasteiger partial charge is 0.399 e. The van der Waals surface area contributed by atoms with Gasteiger partial charge >= 0.3 is 7.12 Å². The van der Waals surface area contributed by atoms with E-state index in [0.717, 1.165) is 25.2 Å². The summed E-state index contributed by atoms with van der Waals surface area (Å²) in [4.78, 5) is 13.0. The van der Waals surface area contributed by atoms with Crippen LogP contribution in [-0.4, -0.2) is 24.2 Å². The van der Waals surface area contributed by atoms with Gasteiger partial charge < -0.3 is 14.6 Å². The van der Waals surface area contributed by atoms with Gasteiger partial charge in [-0.15, -0.1) is 0 Å². The molecule has 7 heteroatoms. The minimum Gasteiger partial charge on any atom is -0.399 e. The molecule has 154 valence electrons. The normalized spacial score (nSPS) is 17.3. The van der Waals surface area contributed by atoms with Gasteiger partial charge in [-0.25, -0.2) is 0 Å². The molecular formula is C23H22BBr2NO3. The molecule has 1 fully saturated rings. The molecule has 0 atom stereocenters. The molecule has 1 heterocycles. The van der Waals surface area contributed by atoms with Crippen molar-refractivity contribution < 1.29 is 14.1 Å². The fourth-order valence-electron chi connectivity index (χ4n) is 3.45. The lowest BCUT2D eigenvalue weighted by Gasteiger charge is -2.32. The van der Waals surface area contributed by atoms with Crippen LogP contribution in [0.25, 0.3) is 10.8 Å². The summed E-state index contributed by atoms with van der Waals surface area (Å²) < 4.78 is 14.1. The summed E-state index contributed by atoms with van der Waals surface area (Å²) in [5, 5.41) is 4.82. The van der Waals surface area contributed by atoms with Crippen LogP contribution in [0.15, 0.2) is 63.5 Å². The first-order valence-electron chi connectivity index (χ1n) is 9.71. The number of carbonyl (C=O) groups excluding carboxylic acids is 1. The zero-order valence-electron chi connectivity index (χ0n) is 17.3. The first-order valence-corrected chi connectivity index (χ1v) is 11.3. The number of fused-ring (bicyclic) bond motifs is 1. The Morgan fingerprint density at radius 1 is 0.900 bits per heavy atom. The van der Waals surface area contributed by atoms with E-state index in [1.165, 1.54) is 0 Å². The van der Waals surface area contributed by atoms with Crippen LogP contribution < -0.4 is 10.8 Å². The van der Waals surface area contributed by atoms with Crippen LogP contribution in [-0.2, 0) is 9.31 Å². The number of rotatable bonds is 3. The lowest BCUT2D eigenvalue weighted by atomic mass is 9.78. The quantitative estimate of drug-likeness (QED) is 0.428. The van der Waals surface area contributed by atoms with Crippen LogP contribution in [0.2, 0.25) is 0 Å². The van der Waals surface area contributed by atoms with E-state index < -0.39 is 18.3 Å². The average Bonchev–Trinajstić information content (AvgIpc) is 2.87. The Labute approximate surface area is 193 Å². The van der Waals surface area contributed by atoms with Crippen molar-refractivity contribution in [2.75, 3.05) is 5.32 Å². The zero-order valence-corrected chi connectivity index (χ0v) is 20.4. The Kier molecular flexibility index (Phi) is 5.60. The number of carbonyl (C=O) groups is 1. The minimum atomic E-state index is -0.434. The molecule has 3 aromatic rings. The molecule has 1 N–H and O–H groups in total. The molecule has 0 bridgehead atoms. The lowest BCUT2D eigenvalue weighted by molar-refractivity contribution is 0.00578. The maximum Gasteiger partial charge on any atom is 0.494 e. The molecule has 1 amide bonds. The van der Waals surface area contributed by atoms with Crippen molar-refractivity contribution in [3.8, 4) is 0 Å². The molecule has 1 aliphatic rings.